The van der Waals surface area contributed by atoms with E-state index in [9.17, 15) is 9.59 Å². The number of para-hydroxylation sites is 1. The van der Waals surface area contributed by atoms with E-state index >= 15 is 0 Å². The standard InChI is InChI=1S/C26H23NO5/c1-30-26(29)27-16-24(23-15-21(27)20-9-5-6-10-22(20)31-23)32-25(28)19-13-11-18(12-14-19)17-7-3-2-4-8-17/h2-14,21,23-24H,15-16H2,1H3/t21-,23-,24+/m1/s1. The third-order valence-electron chi connectivity index (χ3n) is 6.07. The SMILES string of the molecule is COC(=O)N1C[C@H](OC(=O)c2ccc(-c3ccccc3)cc2)[C@H]2C[C@@H]1c1ccccc1O2. The number of hydrogen-bond donors (Lipinski definition) is 0. The highest BCUT2D eigenvalue weighted by Crippen LogP contribution is 2.43. The average molecular weight is 429 g/mol. The second-order valence-electron chi connectivity index (χ2n) is 7.96. The minimum atomic E-state index is -0.597. The first-order chi connectivity index (χ1) is 15.6. The van der Waals surface area contributed by atoms with Crippen molar-refractivity contribution in [2.45, 2.75) is 24.7 Å². The fraction of sp³-hybridized carbons (Fsp3) is 0.231. The van der Waals surface area contributed by atoms with E-state index in [-0.39, 0.29) is 18.7 Å². The second kappa shape index (κ2) is 8.38. The Morgan fingerprint density at radius 2 is 1.59 bits per heavy atom. The fourth-order valence-electron chi connectivity index (χ4n) is 4.45. The van der Waals surface area contributed by atoms with Crippen LogP contribution >= 0.6 is 0 Å². The summed E-state index contributed by atoms with van der Waals surface area (Å²) in [5.41, 5.74) is 3.49. The Hall–Kier alpha value is -3.80. The largest absolute Gasteiger partial charge is 0.486 e. The quantitative estimate of drug-likeness (QED) is 0.557. The Balaban J connectivity index is 1.36. The number of fused-ring (bicyclic) bond motifs is 4. The second-order valence-corrected chi connectivity index (χ2v) is 7.96. The summed E-state index contributed by atoms with van der Waals surface area (Å²) in [5, 5.41) is 0. The molecule has 1 amide bonds. The minimum Gasteiger partial charge on any atom is -0.486 e. The van der Waals surface area contributed by atoms with E-state index in [2.05, 4.69) is 0 Å². The lowest BCUT2D eigenvalue weighted by Gasteiger charge is -2.46. The molecule has 0 N–H and O–H groups in total. The number of methoxy groups -OCH3 is 1. The van der Waals surface area contributed by atoms with Gasteiger partial charge in [-0.05, 0) is 29.3 Å². The van der Waals surface area contributed by atoms with E-state index in [4.69, 9.17) is 14.2 Å². The van der Waals surface area contributed by atoms with Gasteiger partial charge in [0.2, 0.25) is 0 Å². The van der Waals surface area contributed by atoms with Crippen LogP contribution in [0.25, 0.3) is 11.1 Å². The zero-order chi connectivity index (χ0) is 22.1. The molecule has 0 spiro atoms. The monoisotopic (exact) mass is 429 g/mol. The smallest absolute Gasteiger partial charge is 0.410 e. The van der Waals surface area contributed by atoms with Crippen LogP contribution in [-0.2, 0) is 9.47 Å². The zero-order valence-electron chi connectivity index (χ0n) is 17.6. The number of amides is 1. The van der Waals surface area contributed by atoms with E-state index in [1.807, 2.05) is 66.7 Å². The molecule has 1 saturated heterocycles. The topological polar surface area (TPSA) is 65.1 Å². The fourth-order valence-corrected chi connectivity index (χ4v) is 4.45. The molecule has 32 heavy (non-hydrogen) atoms. The molecular weight excluding hydrogens is 406 g/mol. The number of carbonyl (C=O) groups excluding carboxylic acids is 2. The van der Waals surface area contributed by atoms with Gasteiger partial charge in [0.05, 0.1) is 25.3 Å². The molecule has 6 nitrogen and oxygen atoms in total. The van der Waals surface area contributed by atoms with Gasteiger partial charge < -0.3 is 14.2 Å². The van der Waals surface area contributed by atoms with Crippen LogP contribution in [0.4, 0.5) is 4.79 Å². The highest BCUT2D eigenvalue weighted by molar-refractivity contribution is 5.90. The first kappa shape index (κ1) is 20.1. The van der Waals surface area contributed by atoms with Crippen molar-refractivity contribution in [3.8, 4) is 16.9 Å². The summed E-state index contributed by atoms with van der Waals surface area (Å²) in [6, 6.07) is 24.7. The minimum absolute atomic E-state index is 0.169. The lowest BCUT2D eigenvalue weighted by atomic mass is 9.88. The Labute approximate surface area is 186 Å². The molecular formula is C26H23NO5. The van der Waals surface area contributed by atoms with Crippen molar-refractivity contribution >= 4 is 12.1 Å². The lowest BCUT2D eigenvalue weighted by Crippen LogP contribution is -2.55. The number of esters is 1. The van der Waals surface area contributed by atoms with Gasteiger partial charge in [-0.25, -0.2) is 9.59 Å². The molecule has 5 rings (SSSR count). The molecule has 0 radical (unpaired) electrons. The molecule has 0 unspecified atom stereocenters. The number of nitrogens with zero attached hydrogens (tertiary/aromatic N) is 1. The molecule has 6 heteroatoms. The number of piperidine rings is 1. The molecule has 3 aromatic carbocycles. The first-order valence-electron chi connectivity index (χ1n) is 10.6. The average Bonchev–Trinajstić information content (AvgIpc) is 2.85. The van der Waals surface area contributed by atoms with Crippen molar-refractivity contribution in [3.63, 3.8) is 0 Å². The Kier molecular flexibility index (Phi) is 5.27. The van der Waals surface area contributed by atoms with Gasteiger partial charge >= 0.3 is 12.1 Å². The Morgan fingerprint density at radius 1 is 0.906 bits per heavy atom. The summed E-state index contributed by atoms with van der Waals surface area (Å²) in [6.45, 7) is 0.212. The van der Waals surface area contributed by atoms with Crippen LogP contribution in [0.3, 0.4) is 0 Å². The molecule has 3 aromatic rings. The van der Waals surface area contributed by atoms with Crippen LogP contribution in [0.5, 0.6) is 5.75 Å². The highest BCUT2D eigenvalue weighted by atomic mass is 16.6. The number of benzene rings is 3. The maximum atomic E-state index is 12.9. The molecule has 0 aliphatic carbocycles. The van der Waals surface area contributed by atoms with E-state index in [1.165, 1.54) is 7.11 Å². The Bertz CT molecular complexity index is 1130. The molecule has 2 heterocycles. The van der Waals surface area contributed by atoms with Crippen LogP contribution in [0.15, 0.2) is 78.9 Å². The van der Waals surface area contributed by atoms with Crippen molar-refractivity contribution < 1.29 is 23.8 Å². The molecule has 0 aromatic heterocycles. The van der Waals surface area contributed by atoms with Crippen molar-refractivity contribution in [3.05, 3.63) is 90.0 Å². The normalized spacial score (nSPS) is 21.2. The molecule has 2 aliphatic heterocycles. The maximum absolute atomic E-state index is 12.9. The molecule has 162 valence electrons. The number of ether oxygens (including phenoxy) is 3. The molecule has 2 bridgehead atoms. The van der Waals surface area contributed by atoms with Gasteiger partial charge in [-0.1, -0.05) is 60.7 Å². The van der Waals surface area contributed by atoms with E-state index in [1.54, 1.807) is 17.0 Å². The molecule has 3 atom stereocenters. The van der Waals surface area contributed by atoms with Crippen LogP contribution in [0.2, 0.25) is 0 Å². The van der Waals surface area contributed by atoms with E-state index in [0.29, 0.717) is 17.7 Å². The first-order valence-corrected chi connectivity index (χ1v) is 10.6. The highest BCUT2D eigenvalue weighted by Gasteiger charge is 2.46. The summed E-state index contributed by atoms with van der Waals surface area (Å²) in [6.07, 6.45) is -0.835. The summed E-state index contributed by atoms with van der Waals surface area (Å²) in [4.78, 5) is 27.0. The van der Waals surface area contributed by atoms with Gasteiger partial charge in [-0.15, -0.1) is 0 Å². The van der Waals surface area contributed by atoms with E-state index < -0.39 is 18.2 Å². The van der Waals surface area contributed by atoms with E-state index in [0.717, 1.165) is 16.7 Å². The maximum Gasteiger partial charge on any atom is 0.410 e. The molecule has 0 saturated carbocycles. The predicted molar refractivity (Wildman–Crippen MR) is 118 cm³/mol. The third kappa shape index (κ3) is 3.68. The summed E-state index contributed by atoms with van der Waals surface area (Å²) < 4.78 is 17.0. The zero-order valence-corrected chi connectivity index (χ0v) is 17.6. The van der Waals surface area contributed by atoms with Crippen LogP contribution in [0.1, 0.15) is 28.4 Å². The van der Waals surface area contributed by atoms with Crippen molar-refractivity contribution in [1.82, 2.24) is 4.90 Å². The number of carbonyl (C=O) groups is 2. The van der Waals surface area contributed by atoms with Gasteiger partial charge in [0, 0.05) is 12.0 Å². The van der Waals surface area contributed by atoms with Crippen molar-refractivity contribution in [2.24, 2.45) is 0 Å². The van der Waals surface area contributed by atoms with Crippen LogP contribution < -0.4 is 4.74 Å². The molecule has 1 fully saturated rings. The lowest BCUT2D eigenvalue weighted by molar-refractivity contribution is -0.0706. The van der Waals surface area contributed by atoms with Gasteiger partial charge in [-0.3, -0.25) is 4.90 Å². The summed E-state index contributed by atoms with van der Waals surface area (Å²) >= 11 is 0. The van der Waals surface area contributed by atoms with Crippen molar-refractivity contribution in [2.75, 3.05) is 13.7 Å². The van der Waals surface area contributed by atoms with Crippen LogP contribution in [0, 0.1) is 0 Å². The van der Waals surface area contributed by atoms with Gasteiger partial charge in [0.1, 0.15) is 11.9 Å². The van der Waals surface area contributed by atoms with Gasteiger partial charge in [0.15, 0.2) is 6.10 Å². The Morgan fingerprint density at radius 3 is 2.34 bits per heavy atom. The predicted octanol–water partition coefficient (Wildman–Crippen LogP) is 4.85. The van der Waals surface area contributed by atoms with Gasteiger partial charge in [-0.2, -0.15) is 0 Å². The molecule has 2 aliphatic rings. The number of hydrogen-bond acceptors (Lipinski definition) is 5. The van der Waals surface area contributed by atoms with Gasteiger partial charge in [0.25, 0.3) is 0 Å². The van der Waals surface area contributed by atoms with Crippen LogP contribution in [-0.4, -0.2) is 42.8 Å². The van der Waals surface area contributed by atoms with Crippen molar-refractivity contribution in [1.29, 1.82) is 0 Å². The number of likely N-dealkylation sites (tertiary alicyclic amines) is 1. The summed E-state index contributed by atoms with van der Waals surface area (Å²) in [5.74, 6) is 0.260. The summed E-state index contributed by atoms with van der Waals surface area (Å²) in [7, 11) is 1.36. The number of rotatable bonds is 3. The third-order valence-corrected chi connectivity index (χ3v) is 6.07.